The lowest BCUT2D eigenvalue weighted by molar-refractivity contribution is -0.0442. The maximum atomic E-state index is 12.2. The molecule has 7 nitrogen and oxygen atoms in total. The number of nitrogens with zero attached hydrogens (tertiary/aromatic N) is 1. The molecule has 1 fully saturated rings. The molecule has 0 spiro atoms. The molecule has 0 aromatic carbocycles. The van der Waals surface area contributed by atoms with Crippen LogP contribution in [0.1, 0.15) is 22.8 Å². The van der Waals surface area contributed by atoms with Crippen LogP contribution in [0.5, 0.6) is 0 Å². The van der Waals surface area contributed by atoms with E-state index in [1.807, 2.05) is 19.1 Å². The number of thiazole rings is 1. The number of rotatable bonds is 6. The van der Waals surface area contributed by atoms with Gasteiger partial charge in [-0.15, -0.1) is 11.3 Å². The van der Waals surface area contributed by atoms with Crippen LogP contribution in [0.4, 0.5) is 0 Å². The predicted molar refractivity (Wildman–Crippen MR) is 79.1 cm³/mol. The Hall–Kier alpha value is -1.26. The van der Waals surface area contributed by atoms with Gasteiger partial charge in [0.2, 0.25) is 6.29 Å². The number of sulfonamides is 1. The fourth-order valence-electron chi connectivity index (χ4n) is 2.01. The van der Waals surface area contributed by atoms with Gasteiger partial charge < -0.3 is 13.9 Å². The van der Waals surface area contributed by atoms with Gasteiger partial charge in [-0.2, -0.15) is 0 Å². The summed E-state index contributed by atoms with van der Waals surface area (Å²) in [7, 11) is -3.58. The highest BCUT2D eigenvalue weighted by Gasteiger charge is 2.25. The number of hydrogen-bond donors (Lipinski definition) is 1. The lowest BCUT2D eigenvalue weighted by atomic mass is 10.3. The molecular weight excluding hydrogens is 328 g/mol. The summed E-state index contributed by atoms with van der Waals surface area (Å²) in [5.74, 6) is 1.56. The maximum absolute atomic E-state index is 12.2. The number of furan rings is 1. The Morgan fingerprint density at radius 1 is 1.36 bits per heavy atom. The molecule has 3 heterocycles. The summed E-state index contributed by atoms with van der Waals surface area (Å²) in [6.07, 6.45) is 1.26. The second-order valence-corrected chi connectivity index (χ2v) is 7.81. The fourth-order valence-corrected chi connectivity index (χ4v) is 4.23. The molecule has 22 heavy (non-hydrogen) atoms. The van der Waals surface area contributed by atoms with Gasteiger partial charge in [0.05, 0.1) is 19.4 Å². The Morgan fingerprint density at radius 3 is 2.82 bits per heavy atom. The number of hydrogen-bond acceptors (Lipinski definition) is 7. The summed E-state index contributed by atoms with van der Waals surface area (Å²) < 4.78 is 43.1. The molecular formula is C13H16N2O5S2. The summed E-state index contributed by atoms with van der Waals surface area (Å²) in [6.45, 7) is 3.10. The first kappa shape index (κ1) is 15.6. The molecule has 1 saturated heterocycles. The second-order valence-electron chi connectivity index (χ2n) is 4.75. The lowest BCUT2D eigenvalue weighted by Crippen LogP contribution is -2.25. The minimum absolute atomic E-state index is 0.150. The molecule has 0 saturated carbocycles. The number of aromatic nitrogens is 1. The van der Waals surface area contributed by atoms with Gasteiger partial charge in [-0.1, -0.05) is 0 Å². The summed E-state index contributed by atoms with van der Waals surface area (Å²) in [5.41, 5.74) is 0. The Morgan fingerprint density at radius 2 is 2.14 bits per heavy atom. The summed E-state index contributed by atoms with van der Waals surface area (Å²) in [6, 6.07) is 3.68. The van der Waals surface area contributed by atoms with Crippen LogP contribution in [-0.4, -0.2) is 33.2 Å². The van der Waals surface area contributed by atoms with E-state index in [1.54, 1.807) is 0 Å². The number of aryl methyl sites for hydroxylation is 1. The molecule has 0 bridgehead atoms. The zero-order valence-electron chi connectivity index (χ0n) is 11.9. The normalized spacial score (nSPS) is 16.4. The van der Waals surface area contributed by atoms with Gasteiger partial charge in [-0.05, 0) is 19.1 Å². The molecule has 2 aromatic heterocycles. The van der Waals surface area contributed by atoms with Crippen LogP contribution in [-0.2, 0) is 25.9 Å². The van der Waals surface area contributed by atoms with Gasteiger partial charge in [0.25, 0.3) is 10.0 Å². The van der Waals surface area contributed by atoms with Crippen molar-refractivity contribution in [2.45, 2.75) is 23.8 Å². The predicted octanol–water partition coefficient (Wildman–Crippen LogP) is 1.61. The number of nitrogens with one attached hydrogen (secondary N) is 1. The monoisotopic (exact) mass is 344 g/mol. The van der Waals surface area contributed by atoms with Crippen molar-refractivity contribution in [3.63, 3.8) is 0 Å². The minimum Gasteiger partial charge on any atom is -0.466 e. The Kier molecular flexibility index (Phi) is 4.59. The van der Waals surface area contributed by atoms with Gasteiger partial charge in [0.15, 0.2) is 9.22 Å². The highest BCUT2D eigenvalue weighted by Crippen LogP contribution is 2.29. The van der Waals surface area contributed by atoms with E-state index in [1.165, 1.54) is 6.20 Å². The molecule has 1 N–H and O–H groups in total. The molecule has 0 radical (unpaired) electrons. The second kappa shape index (κ2) is 6.47. The molecule has 9 heteroatoms. The summed E-state index contributed by atoms with van der Waals surface area (Å²) >= 11 is 1.05. The topological polar surface area (TPSA) is 90.7 Å². The molecule has 0 amide bonds. The number of ether oxygens (including phenoxy) is 2. The van der Waals surface area contributed by atoms with Gasteiger partial charge in [-0.3, -0.25) is 0 Å². The van der Waals surface area contributed by atoms with E-state index >= 15 is 0 Å². The zero-order valence-corrected chi connectivity index (χ0v) is 13.6. The van der Waals surface area contributed by atoms with E-state index in [9.17, 15) is 8.42 Å². The molecule has 0 unspecified atom stereocenters. The van der Waals surface area contributed by atoms with Crippen molar-refractivity contribution in [3.8, 4) is 0 Å². The smallest absolute Gasteiger partial charge is 0.251 e. The van der Waals surface area contributed by atoms with E-state index < -0.39 is 16.3 Å². The van der Waals surface area contributed by atoms with Crippen LogP contribution in [0.2, 0.25) is 0 Å². The van der Waals surface area contributed by atoms with E-state index in [2.05, 4.69) is 9.71 Å². The molecule has 1 aliphatic heterocycles. The highest BCUT2D eigenvalue weighted by molar-refractivity contribution is 7.91. The van der Waals surface area contributed by atoms with Crippen LogP contribution in [0, 0.1) is 6.92 Å². The summed E-state index contributed by atoms with van der Waals surface area (Å²) in [4.78, 5) is 4.06. The molecule has 0 aliphatic carbocycles. The van der Waals surface area contributed by atoms with E-state index in [4.69, 9.17) is 13.9 Å². The zero-order chi connectivity index (χ0) is 15.6. The average Bonchev–Trinajstić information content (AvgIpc) is 3.19. The molecule has 2 aromatic rings. The standard InChI is InChI=1S/C13H16N2O5S2/c1-9-2-3-10(20-9)4-5-15-22(16,17)11-8-14-12(21-11)13-18-6-7-19-13/h2-3,8,13,15H,4-7H2,1H3. The third kappa shape index (κ3) is 3.55. The van der Waals surface area contributed by atoms with Crippen LogP contribution < -0.4 is 4.72 Å². The van der Waals surface area contributed by atoms with E-state index in [0.717, 1.165) is 22.9 Å². The maximum Gasteiger partial charge on any atom is 0.251 e. The van der Waals surface area contributed by atoms with Crippen molar-refractivity contribution >= 4 is 21.4 Å². The fraction of sp³-hybridized carbons (Fsp3) is 0.462. The molecule has 3 rings (SSSR count). The van der Waals surface area contributed by atoms with Crippen molar-refractivity contribution in [1.82, 2.24) is 9.71 Å². The quantitative estimate of drug-likeness (QED) is 0.856. The Balaban J connectivity index is 1.60. The van der Waals surface area contributed by atoms with E-state index in [-0.39, 0.29) is 10.8 Å². The van der Waals surface area contributed by atoms with E-state index in [0.29, 0.717) is 24.6 Å². The highest BCUT2D eigenvalue weighted by atomic mass is 32.2. The Labute approximate surface area is 132 Å². The first-order valence-electron chi connectivity index (χ1n) is 6.78. The van der Waals surface area contributed by atoms with Crippen molar-refractivity contribution in [2.24, 2.45) is 0 Å². The first-order chi connectivity index (χ1) is 10.5. The van der Waals surface area contributed by atoms with Crippen LogP contribution >= 0.6 is 11.3 Å². The lowest BCUT2D eigenvalue weighted by Gasteiger charge is -2.04. The van der Waals surface area contributed by atoms with Crippen LogP contribution in [0.25, 0.3) is 0 Å². The van der Waals surface area contributed by atoms with Gasteiger partial charge >= 0.3 is 0 Å². The van der Waals surface area contributed by atoms with Crippen molar-refractivity contribution in [3.05, 3.63) is 34.9 Å². The molecule has 1 aliphatic rings. The van der Waals surface area contributed by atoms with Gasteiger partial charge in [0.1, 0.15) is 11.5 Å². The Bertz CT molecular complexity index is 731. The SMILES string of the molecule is Cc1ccc(CCNS(=O)(=O)c2cnc(C3OCCO3)s2)o1. The van der Waals surface area contributed by atoms with Gasteiger partial charge in [0, 0.05) is 13.0 Å². The van der Waals surface area contributed by atoms with Gasteiger partial charge in [-0.25, -0.2) is 18.1 Å². The molecule has 120 valence electrons. The summed E-state index contributed by atoms with van der Waals surface area (Å²) in [5, 5.41) is 0.513. The van der Waals surface area contributed by atoms with Crippen molar-refractivity contribution in [2.75, 3.05) is 19.8 Å². The van der Waals surface area contributed by atoms with Crippen LogP contribution in [0.15, 0.2) is 27.0 Å². The van der Waals surface area contributed by atoms with Crippen molar-refractivity contribution in [1.29, 1.82) is 0 Å². The molecule has 0 atom stereocenters. The van der Waals surface area contributed by atoms with Crippen LogP contribution in [0.3, 0.4) is 0 Å². The third-order valence-corrected chi connectivity index (χ3v) is 5.99. The largest absolute Gasteiger partial charge is 0.466 e. The third-order valence-electron chi connectivity index (χ3n) is 3.05. The first-order valence-corrected chi connectivity index (χ1v) is 9.08. The average molecular weight is 344 g/mol. The van der Waals surface area contributed by atoms with Crippen molar-refractivity contribution < 1.29 is 22.3 Å². The minimum atomic E-state index is -3.58.